The smallest absolute Gasteiger partial charge is 1.00 e. The number of hydrogen-bond acceptors (Lipinski definition) is 16. The number of benzene rings is 8. The minimum Gasteiger partial charge on any atom is -1.00 e. The summed E-state index contributed by atoms with van der Waals surface area (Å²) in [4.78, 5) is 51.2. The second-order valence-corrected chi connectivity index (χ2v) is 31.3. The van der Waals surface area contributed by atoms with Gasteiger partial charge in [0.25, 0.3) is 0 Å². The van der Waals surface area contributed by atoms with Crippen molar-refractivity contribution in [3.8, 4) is 68.0 Å². The van der Waals surface area contributed by atoms with Crippen LogP contribution in [0.4, 0.5) is 0 Å². The van der Waals surface area contributed by atoms with Crippen molar-refractivity contribution in [2.45, 2.75) is 136 Å². The molecule has 0 bridgehead atoms. The second kappa shape index (κ2) is 56.4. The zero-order chi connectivity index (χ0) is 89.4. The number of aromatic nitrogens is 4. The number of methoxy groups -OCH3 is 4. The molecular formula is C104H113BCl3N8NaO10S-. The first kappa shape index (κ1) is 106. The molecule has 0 aliphatic heterocycles. The Labute approximate surface area is 798 Å². The van der Waals surface area contributed by atoms with E-state index in [9.17, 15) is 19.5 Å². The van der Waals surface area contributed by atoms with Gasteiger partial charge in [0.2, 0.25) is 35.3 Å². The van der Waals surface area contributed by atoms with Crippen LogP contribution in [0.2, 0.25) is 0 Å². The third-order valence-electron chi connectivity index (χ3n) is 21.5. The first-order valence-electron chi connectivity index (χ1n) is 41.6. The Morgan fingerprint density at radius 1 is 0.438 bits per heavy atom. The van der Waals surface area contributed by atoms with Gasteiger partial charge in [-0.3, -0.25) is 18.6 Å². The van der Waals surface area contributed by atoms with Gasteiger partial charge >= 0.3 is 29.6 Å². The Kier molecular flexibility index (Phi) is 46.6. The van der Waals surface area contributed by atoms with Crippen molar-refractivity contribution in [1.29, 1.82) is 0 Å². The molecule has 18 nitrogen and oxygen atoms in total. The average Bonchev–Trinajstić information content (AvgIpc) is 0.828. The maximum atomic E-state index is 11.6. The normalized spacial score (nSPS) is 14.5. The summed E-state index contributed by atoms with van der Waals surface area (Å²) in [7, 11) is 8.14. The number of aldehydes is 1. The summed E-state index contributed by atoms with van der Waals surface area (Å²) >= 11 is 5.89. The number of pyridine rings is 4. The number of alkyl halides is 1. The molecule has 661 valence electrons. The molecule has 14 rings (SSSR count). The van der Waals surface area contributed by atoms with Crippen LogP contribution < -0.4 is 70.2 Å². The largest absolute Gasteiger partial charge is 1.00 e. The van der Waals surface area contributed by atoms with Gasteiger partial charge in [0.1, 0.15) is 0 Å². The van der Waals surface area contributed by atoms with E-state index in [0.29, 0.717) is 47.1 Å². The number of aliphatic hydroxyl groups excluding tert-OH is 1. The molecular weight excluding hydrogens is 1690 g/mol. The van der Waals surface area contributed by atoms with Crippen molar-refractivity contribution < 1.29 is 78.2 Å². The second-order valence-electron chi connectivity index (χ2n) is 29.9. The molecule has 2 saturated carbocycles. The van der Waals surface area contributed by atoms with Gasteiger partial charge in [-0.05, 0) is 214 Å². The fourth-order valence-electron chi connectivity index (χ4n) is 14.8. The van der Waals surface area contributed by atoms with Crippen LogP contribution in [0.1, 0.15) is 161 Å². The van der Waals surface area contributed by atoms with Crippen LogP contribution in [0.25, 0.3) is 93.1 Å². The van der Waals surface area contributed by atoms with Gasteiger partial charge in [-0.15, -0.1) is 24.0 Å². The molecule has 5 unspecified atom stereocenters. The Bertz CT molecular complexity index is 5500. The average molecular weight is 1810 g/mol. The Morgan fingerprint density at radius 2 is 0.734 bits per heavy atom. The van der Waals surface area contributed by atoms with E-state index in [1.165, 1.54) is 104 Å². The number of carbonyl (C=O) groups excluding carboxylic acids is 3. The number of nitrogens with two attached hydrogens (primary N) is 1. The van der Waals surface area contributed by atoms with Crippen LogP contribution in [0, 0.1) is 27.7 Å². The molecule has 2 fully saturated rings. The van der Waals surface area contributed by atoms with E-state index in [1.807, 2.05) is 97.1 Å². The van der Waals surface area contributed by atoms with Crippen molar-refractivity contribution in [1.82, 2.24) is 35.9 Å². The number of carbonyl (C=O) groups is 3. The predicted molar refractivity (Wildman–Crippen MR) is 526 cm³/mol. The summed E-state index contributed by atoms with van der Waals surface area (Å²) in [6.07, 6.45) is 25.8. The molecule has 5 atom stereocenters. The fourth-order valence-corrected chi connectivity index (χ4v) is 15.0. The molecule has 4 heterocycles. The topological polar surface area (TPSA) is 262 Å². The molecule has 2 aliphatic rings. The van der Waals surface area contributed by atoms with E-state index in [-0.39, 0.29) is 94.4 Å². The van der Waals surface area contributed by atoms with E-state index >= 15 is 0 Å². The number of halogens is 3. The van der Waals surface area contributed by atoms with Crippen LogP contribution >= 0.6 is 34.7 Å². The number of hydrogen-bond donors (Lipinski definition) is 5. The van der Waals surface area contributed by atoms with Gasteiger partial charge in [-0.1, -0.05) is 256 Å². The van der Waals surface area contributed by atoms with Gasteiger partial charge in [0.15, 0.2) is 6.29 Å². The number of nitrogens with one attached hydrogen (secondary N) is 3. The number of rotatable bonds is 24. The Hall–Kier alpha value is -10.9. The molecule has 4 aromatic heterocycles. The van der Waals surface area contributed by atoms with Crippen LogP contribution in [-0.4, -0.2) is 113 Å². The van der Waals surface area contributed by atoms with Crippen LogP contribution in [0.5, 0.6) is 23.5 Å². The summed E-state index contributed by atoms with van der Waals surface area (Å²) in [6.45, 7) is 12.2. The van der Waals surface area contributed by atoms with Crippen molar-refractivity contribution >= 4 is 120 Å². The van der Waals surface area contributed by atoms with Crippen LogP contribution in [0.15, 0.2) is 243 Å². The van der Waals surface area contributed by atoms with Crippen LogP contribution in [0.3, 0.4) is 0 Å². The standard InChI is InChI=1S/C30H35N3O2.C22H20ClNO.C22H21NO2.C22H19NO2.C8H16N2O.B.ClHO2S.ClH.Na.H/c1-21-23(12-9-13-27(21)24-10-5-4-6-11-24)16-18-26-19-17-25(30(33-26)35-3)20-31-28-14-7-8-15-29(28)32-22(2)34;1-16-17(9-6-10-21(16)18-7-4-3-5-8-18)11-13-20-14-12-19(15-23)22(24-20)25-2;2*1-16-17(9-6-10-21(16)18-7-4-3-5-8-18)11-13-20-14-12-19(15-24)22(23-20)25-2;1-6(11)10-8-5-3-2-4-7(8)9;;1-4(2)3;;;/h4-6,9-13,16-19,28-29,31H,7-8,14-15,20H2,1-3H3,(H,32,34);3-14H,15H2,1-2H3;3-14,24H,15H2,1-2H3;3-15H,1-2H3;7-8H,2-5,9H2,1H3,(H,10,11);;(H,2,3);1H;;/q;;;;;;;;+1;-1/p-1/b18-16+;3*13-11+;;;;;;. The summed E-state index contributed by atoms with van der Waals surface area (Å²) in [5.74, 6) is 2.45. The minimum absolute atomic E-state index is 0. The van der Waals surface area contributed by atoms with E-state index in [0.717, 1.165) is 83.4 Å². The van der Waals surface area contributed by atoms with Crippen LogP contribution in [-0.2, 0) is 38.9 Å². The minimum atomic E-state index is -2.39. The summed E-state index contributed by atoms with van der Waals surface area (Å²) in [6, 6.07) is 82.9. The monoisotopic (exact) mass is 1800 g/mol. The van der Waals surface area contributed by atoms with E-state index in [2.05, 4.69) is 251 Å². The van der Waals surface area contributed by atoms with Gasteiger partial charge < -0.3 is 51.7 Å². The SMILES string of the molecule is CC(=O)NC1CCCCC1N.COc1nc(/C=C/c2cccc(-c3ccccc3)c2C)ccc1C=O.COc1nc(/C=C/c2cccc(-c3ccccc3)c2C)ccc1CCl.COc1nc(/C=C/c2cccc(-c3ccccc3)c2C)ccc1CNC1CCCCC1NC(C)=O.COc1nc(/C=C/c2cccc(-c3ccccc3)c2C)ccc1CO.Cl.O=S([O-])Cl.[B].[H-].[Na+]. The maximum Gasteiger partial charge on any atom is 1.00 e. The third-order valence-corrected chi connectivity index (χ3v) is 21.8. The number of nitrogens with zero attached hydrogens (tertiary/aromatic N) is 4. The van der Waals surface area contributed by atoms with Crippen molar-refractivity contribution in [2.24, 2.45) is 5.73 Å². The van der Waals surface area contributed by atoms with E-state index < -0.39 is 10.3 Å². The first-order chi connectivity index (χ1) is 60.6. The molecule has 2 aliphatic carbocycles. The molecule has 0 spiro atoms. The molecule has 0 saturated heterocycles. The van der Waals surface area contributed by atoms with Crippen molar-refractivity contribution in [3.63, 3.8) is 0 Å². The molecule has 3 radical (unpaired) electrons. The third kappa shape index (κ3) is 32.7. The Morgan fingerprint density at radius 3 is 1.06 bits per heavy atom. The zero-order valence-corrected chi connectivity index (χ0v) is 79.7. The summed E-state index contributed by atoms with van der Waals surface area (Å²) in [5, 5.41) is 18.9. The fraction of sp³-hybridized carbons (Fsp3) is 0.240. The maximum absolute atomic E-state index is 11.6. The predicted octanol–water partition coefficient (Wildman–Crippen LogP) is 19.1. The Balaban J connectivity index is 0.000000288. The van der Waals surface area contributed by atoms with Gasteiger partial charge in [-0.2, -0.15) is 0 Å². The van der Waals surface area contributed by atoms with Gasteiger partial charge in [-0.25, -0.2) is 19.9 Å². The molecule has 128 heavy (non-hydrogen) atoms. The van der Waals surface area contributed by atoms with Crippen molar-refractivity contribution in [2.75, 3.05) is 28.4 Å². The molecule has 8 aromatic carbocycles. The van der Waals surface area contributed by atoms with E-state index in [1.54, 1.807) is 47.3 Å². The van der Waals surface area contributed by atoms with E-state index in [4.69, 9.17) is 50.0 Å². The van der Waals surface area contributed by atoms with Crippen molar-refractivity contribution in [3.05, 3.63) is 332 Å². The first-order valence-corrected chi connectivity index (χ1v) is 44.0. The molecule has 24 heteroatoms. The number of amides is 2. The number of aliphatic hydroxyl groups is 1. The molecule has 12 aromatic rings. The zero-order valence-electron chi connectivity index (χ0n) is 75.5. The summed E-state index contributed by atoms with van der Waals surface area (Å²) < 4.78 is 38.8. The molecule has 6 N–H and O–H groups in total. The van der Waals surface area contributed by atoms with Gasteiger partial charge in [0.05, 0.1) is 69.3 Å². The number of ether oxygens (including phenoxy) is 4. The molecule has 2 amide bonds. The summed E-state index contributed by atoms with van der Waals surface area (Å²) in [5.41, 5.74) is 31.4. The van der Waals surface area contributed by atoms with Gasteiger partial charge in [0, 0.05) is 80.0 Å². The quantitative estimate of drug-likeness (QED) is 0.0124.